The van der Waals surface area contributed by atoms with Gasteiger partial charge in [-0.05, 0) is 78.1 Å². The third-order valence-corrected chi connectivity index (χ3v) is 9.58. The summed E-state index contributed by atoms with van der Waals surface area (Å²) in [7, 11) is 0. The van der Waals surface area contributed by atoms with Crippen LogP contribution in [0.25, 0.3) is 21.8 Å². The summed E-state index contributed by atoms with van der Waals surface area (Å²) in [4.78, 5) is 57.1. The number of carbonyl (C=O) groups excluding carboxylic acids is 2. The molecule has 3 heterocycles. The van der Waals surface area contributed by atoms with Gasteiger partial charge in [0, 0.05) is 58.5 Å². The number of aryl methyl sites for hydroxylation is 1. The van der Waals surface area contributed by atoms with Crippen LogP contribution in [0.1, 0.15) is 64.6 Å². The fourth-order valence-electron chi connectivity index (χ4n) is 6.59. The number of hydrogen-bond acceptors (Lipinski definition) is 5. The average Bonchev–Trinajstić information content (AvgIpc) is 3.50. The van der Waals surface area contributed by atoms with E-state index in [0.29, 0.717) is 22.2 Å². The van der Waals surface area contributed by atoms with Crippen molar-refractivity contribution in [2.45, 2.75) is 51.6 Å². The maximum absolute atomic E-state index is 14.3. The monoisotopic (exact) mass is 807 g/mol. The van der Waals surface area contributed by atoms with Crippen molar-refractivity contribution in [1.29, 1.82) is 0 Å². The molecule has 0 aliphatic carbocycles. The molecular formula is C42H36F7N5O4. The number of halogens is 7. The van der Waals surface area contributed by atoms with Crippen molar-refractivity contribution < 1.29 is 40.3 Å². The first-order valence-electron chi connectivity index (χ1n) is 17.8. The molecule has 2 amide bonds. The molecule has 0 spiro atoms. The molecule has 4 aromatic carbocycles. The van der Waals surface area contributed by atoms with E-state index in [0.717, 1.165) is 29.3 Å². The summed E-state index contributed by atoms with van der Waals surface area (Å²) >= 11 is 0. The molecule has 6 aromatic rings. The number of hydrogen-bond donors (Lipinski definition) is 4. The number of aromatic nitrogens is 2. The predicted octanol–water partition coefficient (Wildman–Crippen LogP) is 9.31. The molecule has 1 aliphatic heterocycles. The van der Waals surface area contributed by atoms with Crippen molar-refractivity contribution in [2.24, 2.45) is 0 Å². The number of alkyl halides is 5. The van der Waals surface area contributed by atoms with Crippen molar-refractivity contribution in [1.82, 2.24) is 9.97 Å². The number of carbonyl (C=O) groups is 2. The first-order chi connectivity index (χ1) is 27.1. The summed E-state index contributed by atoms with van der Waals surface area (Å²) in [5.74, 6) is -5.69. The Hall–Kier alpha value is -6.45. The van der Waals surface area contributed by atoms with E-state index in [2.05, 4.69) is 20.6 Å². The number of aromatic amines is 2. The number of benzene rings is 4. The van der Waals surface area contributed by atoms with Crippen LogP contribution in [0.3, 0.4) is 0 Å². The summed E-state index contributed by atoms with van der Waals surface area (Å²) in [6.07, 6.45) is -2.89. The van der Waals surface area contributed by atoms with Crippen LogP contribution < -0.4 is 26.4 Å². The zero-order chi connectivity index (χ0) is 42.3. The van der Waals surface area contributed by atoms with E-state index in [1.807, 2.05) is 20.8 Å². The number of nitrogens with zero attached hydrogens (tertiary/aromatic N) is 1. The fourth-order valence-corrected chi connectivity index (χ4v) is 6.59. The molecule has 58 heavy (non-hydrogen) atoms. The molecule has 1 aliphatic rings. The van der Waals surface area contributed by atoms with Crippen LogP contribution in [-0.2, 0) is 11.6 Å². The fraction of sp³-hybridized carbons (Fsp3) is 0.238. The minimum atomic E-state index is -4.85. The SMILES string of the molecule is CC(C)(C)c1ccc(NC(=O)c2c[nH]c3ccc(F)cc3c2=O)cc1F.Cc1cccc2[nH]cc(C(=O)Nc3ccc(N4CCC(F)(F)C4)cc3C(F)(F)F)c(=O)c12. The lowest BCUT2D eigenvalue weighted by Crippen LogP contribution is -2.26. The molecule has 9 nitrogen and oxygen atoms in total. The highest BCUT2D eigenvalue weighted by molar-refractivity contribution is 6.07. The Morgan fingerprint density at radius 2 is 1.45 bits per heavy atom. The van der Waals surface area contributed by atoms with Crippen molar-refractivity contribution >= 4 is 50.7 Å². The van der Waals surface area contributed by atoms with Gasteiger partial charge in [-0.1, -0.05) is 39.0 Å². The van der Waals surface area contributed by atoms with Gasteiger partial charge in [0.15, 0.2) is 0 Å². The van der Waals surface area contributed by atoms with E-state index >= 15 is 0 Å². The van der Waals surface area contributed by atoms with Crippen molar-refractivity contribution in [3.8, 4) is 0 Å². The van der Waals surface area contributed by atoms with E-state index in [9.17, 15) is 49.9 Å². The first kappa shape index (κ1) is 41.2. The number of pyridine rings is 2. The van der Waals surface area contributed by atoms with Crippen LogP contribution >= 0.6 is 0 Å². The van der Waals surface area contributed by atoms with Gasteiger partial charge in [0.05, 0.1) is 17.8 Å². The average molecular weight is 808 g/mol. The molecule has 0 unspecified atom stereocenters. The number of fused-ring (bicyclic) bond motifs is 2. The number of H-pyrrole nitrogens is 2. The van der Waals surface area contributed by atoms with Crippen LogP contribution in [0.5, 0.6) is 0 Å². The Kier molecular flexibility index (Phi) is 11.0. The molecule has 0 bridgehead atoms. The minimum Gasteiger partial charge on any atom is -0.365 e. The van der Waals surface area contributed by atoms with Gasteiger partial charge in [-0.3, -0.25) is 19.2 Å². The molecule has 1 fully saturated rings. The molecule has 4 N–H and O–H groups in total. The van der Waals surface area contributed by atoms with E-state index in [-0.39, 0.29) is 45.2 Å². The Morgan fingerprint density at radius 1 is 0.776 bits per heavy atom. The van der Waals surface area contributed by atoms with Gasteiger partial charge in [0.25, 0.3) is 17.7 Å². The summed E-state index contributed by atoms with van der Waals surface area (Å²) in [5.41, 5.74) is -1.59. The maximum atomic E-state index is 14.3. The Balaban J connectivity index is 0.000000200. The highest BCUT2D eigenvalue weighted by Gasteiger charge is 2.40. The molecule has 2 aromatic heterocycles. The van der Waals surface area contributed by atoms with E-state index in [4.69, 9.17) is 0 Å². The van der Waals surface area contributed by atoms with Crippen LogP contribution in [0.2, 0.25) is 0 Å². The quantitative estimate of drug-likeness (QED) is 0.129. The molecule has 0 radical (unpaired) electrons. The zero-order valence-corrected chi connectivity index (χ0v) is 31.4. The van der Waals surface area contributed by atoms with Gasteiger partial charge in [-0.25, -0.2) is 17.6 Å². The highest BCUT2D eigenvalue weighted by Crippen LogP contribution is 2.39. The minimum absolute atomic E-state index is 0.0216. The number of rotatable bonds is 5. The molecule has 0 saturated carbocycles. The predicted molar refractivity (Wildman–Crippen MR) is 208 cm³/mol. The van der Waals surface area contributed by atoms with Gasteiger partial charge >= 0.3 is 6.18 Å². The Bertz CT molecular complexity index is 2700. The van der Waals surface area contributed by atoms with Crippen LogP contribution in [0.4, 0.5) is 47.8 Å². The van der Waals surface area contributed by atoms with Gasteiger partial charge in [-0.2, -0.15) is 13.2 Å². The van der Waals surface area contributed by atoms with Gasteiger partial charge in [0.2, 0.25) is 10.9 Å². The van der Waals surface area contributed by atoms with Crippen molar-refractivity contribution in [3.63, 3.8) is 0 Å². The molecule has 0 atom stereocenters. The van der Waals surface area contributed by atoms with E-state index in [1.54, 1.807) is 37.3 Å². The third kappa shape index (κ3) is 8.75. The molecule has 7 rings (SSSR count). The first-order valence-corrected chi connectivity index (χ1v) is 17.8. The van der Waals surface area contributed by atoms with E-state index < -0.39 is 70.6 Å². The largest absolute Gasteiger partial charge is 0.418 e. The van der Waals surface area contributed by atoms with Gasteiger partial charge in [0.1, 0.15) is 22.8 Å². The summed E-state index contributed by atoms with van der Waals surface area (Å²) < 4.78 is 95.6. The smallest absolute Gasteiger partial charge is 0.365 e. The van der Waals surface area contributed by atoms with Crippen LogP contribution in [-0.4, -0.2) is 40.8 Å². The van der Waals surface area contributed by atoms with Gasteiger partial charge in [-0.15, -0.1) is 0 Å². The van der Waals surface area contributed by atoms with Crippen molar-refractivity contribution in [2.75, 3.05) is 28.6 Å². The van der Waals surface area contributed by atoms with Crippen LogP contribution in [0.15, 0.2) is 94.8 Å². The second kappa shape index (κ2) is 15.5. The third-order valence-electron chi connectivity index (χ3n) is 9.58. The lowest BCUT2D eigenvalue weighted by atomic mass is 9.86. The molecule has 1 saturated heterocycles. The number of anilines is 3. The number of amides is 2. The second-order valence-corrected chi connectivity index (χ2v) is 14.9. The van der Waals surface area contributed by atoms with Gasteiger partial charge < -0.3 is 25.5 Å². The lowest BCUT2D eigenvalue weighted by Gasteiger charge is -2.21. The van der Waals surface area contributed by atoms with Crippen LogP contribution in [0, 0.1) is 18.6 Å². The van der Waals surface area contributed by atoms with Crippen molar-refractivity contribution in [3.05, 3.63) is 145 Å². The molecular weight excluding hydrogens is 771 g/mol. The summed E-state index contributed by atoms with van der Waals surface area (Å²) in [5, 5.41) is 4.99. The zero-order valence-electron chi connectivity index (χ0n) is 31.4. The Morgan fingerprint density at radius 3 is 2.09 bits per heavy atom. The highest BCUT2D eigenvalue weighted by atomic mass is 19.4. The molecule has 16 heteroatoms. The number of nitrogens with one attached hydrogen (secondary N) is 4. The van der Waals surface area contributed by atoms with E-state index in [1.165, 1.54) is 30.5 Å². The standard InChI is InChI=1S/C22H18F5N3O2.C20H18F2N2O2/c1-12-3-2-4-17-18(12)19(31)14(10-28-17)20(32)29-16-6-5-13(9-15(16)22(25,26)27)30-8-7-21(23,24)11-30;1-20(2,3)15-6-5-12(9-16(15)22)24-19(26)14-10-23-17-7-4-11(21)8-13(17)18(14)25/h2-6,9-10H,7-8,11H2,1H3,(H,28,31)(H,29,32);4-10H,1-3H3,(H,23,25)(H,24,26). The maximum Gasteiger partial charge on any atom is 0.418 e. The lowest BCUT2D eigenvalue weighted by molar-refractivity contribution is -0.136. The normalized spacial score (nSPS) is 13.9. The second-order valence-electron chi connectivity index (χ2n) is 14.9. The summed E-state index contributed by atoms with van der Waals surface area (Å²) in [6, 6.07) is 16.1. The summed E-state index contributed by atoms with van der Waals surface area (Å²) in [6.45, 7) is 6.58. The topological polar surface area (TPSA) is 127 Å². The Labute approximate surface area is 325 Å². The molecule has 302 valence electrons.